The van der Waals surface area contributed by atoms with Crippen molar-refractivity contribution in [2.24, 2.45) is 5.92 Å². The van der Waals surface area contributed by atoms with Gasteiger partial charge in [-0.25, -0.2) is 10.3 Å². The van der Waals surface area contributed by atoms with Gasteiger partial charge in [0.25, 0.3) is 0 Å². The van der Waals surface area contributed by atoms with Gasteiger partial charge in [-0.3, -0.25) is 14.4 Å². The Morgan fingerprint density at radius 1 is 0.921 bits per heavy atom. The Kier molecular flexibility index (Phi) is 10.8. The highest BCUT2D eigenvalue weighted by Crippen LogP contribution is 2.19. The van der Waals surface area contributed by atoms with Crippen LogP contribution in [0.5, 0.6) is 0 Å². The third kappa shape index (κ3) is 10.3. The normalized spacial score (nSPS) is 13.8. The maximum atomic E-state index is 13.0. The molecular formula is C31H37NO6. The molecule has 1 atom stereocenters. The van der Waals surface area contributed by atoms with Gasteiger partial charge in [-0.2, -0.15) is 0 Å². The fraction of sp³-hybridized carbons (Fsp3) is 0.387. The number of carbonyl (C=O) groups is 3. The minimum Gasteiger partial charge on any atom is -0.461 e. The minimum absolute atomic E-state index is 0.107. The highest BCUT2D eigenvalue weighted by molar-refractivity contribution is 5.89. The number of amides is 1. The summed E-state index contributed by atoms with van der Waals surface area (Å²) >= 11 is 0. The Bertz CT molecular complexity index is 1130. The van der Waals surface area contributed by atoms with Crippen molar-refractivity contribution < 1.29 is 28.7 Å². The third-order valence-electron chi connectivity index (χ3n) is 5.84. The first-order valence-corrected chi connectivity index (χ1v) is 13.0. The van der Waals surface area contributed by atoms with E-state index in [0.717, 1.165) is 29.5 Å². The lowest BCUT2D eigenvalue weighted by molar-refractivity contribution is -0.150. The molecule has 1 unspecified atom stereocenters. The predicted octanol–water partition coefficient (Wildman–Crippen LogP) is 5.65. The highest BCUT2D eigenvalue weighted by Gasteiger charge is 2.23. The molecule has 202 valence electrons. The number of hydroxylamine groups is 1. The Morgan fingerprint density at radius 3 is 2.32 bits per heavy atom. The van der Waals surface area contributed by atoms with Gasteiger partial charge < -0.3 is 9.47 Å². The van der Waals surface area contributed by atoms with Gasteiger partial charge in [0.2, 0.25) is 5.91 Å². The van der Waals surface area contributed by atoms with Crippen molar-refractivity contribution in [2.45, 2.75) is 65.1 Å². The van der Waals surface area contributed by atoms with Crippen LogP contribution in [0.3, 0.4) is 0 Å². The number of hydrogen-bond acceptors (Lipinski definition) is 6. The first-order chi connectivity index (χ1) is 18.2. The van der Waals surface area contributed by atoms with Crippen LogP contribution in [0.4, 0.5) is 0 Å². The summed E-state index contributed by atoms with van der Waals surface area (Å²) in [4.78, 5) is 43.1. The van der Waals surface area contributed by atoms with Crippen molar-refractivity contribution in [3.63, 3.8) is 0 Å². The Morgan fingerprint density at radius 2 is 1.66 bits per heavy atom. The van der Waals surface area contributed by atoms with Crippen molar-refractivity contribution in [3.05, 3.63) is 95.1 Å². The number of benzene rings is 2. The van der Waals surface area contributed by atoms with E-state index >= 15 is 0 Å². The summed E-state index contributed by atoms with van der Waals surface area (Å²) in [5.74, 6) is -1.62. The van der Waals surface area contributed by atoms with E-state index in [4.69, 9.17) is 14.3 Å². The van der Waals surface area contributed by atoms with Crippen LogP contribution in [-0.2, 0) is 36.9 Å². The monoisotopic (exact) mass is 519 g/mol. The summed E-state index contributed by atoms with van der Waals surface area (Å²) in [6.07, 6.45) is 8.90. The number of nitrogens with one attached hydrogen (secondary N) is 1. The third-order valence-corrected chi connectivity index (χ3v) is 5.84. The molecule has 2 aromatic rings. The van der Waals surface area contributed by atoms with Crippen molar-refractivity contribution in [3.8, 4) is 0 Å². The van der Waals surface area contributed by atoms with Crippen molar-refractivity contribution in [1.82, 2.24) is 5.48 Å². The van der Waals surface area contributed by atoms with Crippen LogP contribution in [0.1, 0.15) is 67.9 Å². The van der Waals surface area contributed by atoms with Crippen LogP contribution in [0, 0.1) is 5.92 Å². The summed E-state index contributed by atoms with van der Waals surface area (Å²) in [6.45, 7) is 5.91. The van der Waals surface area contributed by atoms with Crippen LogP contribution in [0.2, 0.25) is 0 Å². The maximum absolute atomic E-state index is 13.0. The van der Waals surface area contributed by atoms with Crippen LogP contribution >= 0.6 is 0 Å². The zero-order valence-corrected chi connectivity index (χ0v) is 22.4. The van der Waals surface area contributed by atoms with Crippen molar-refractivity contribution in [1.29, 1.82) is 0 Å². The molecule has 1 aliphatic carbocycles. The van der Waals surface area contributed by atoms with Crippen LogP contribution < -0.4 is 5.48 Å². The number of hydrogen-bond donors (Lipinski definition) is 1. The summed E-state index contributed by atoms with van der Waals surface area (Å²) in [5, 5.41) is 0. The predicted molar refractivity (Wildman–Crippen MR) is 145 cm³/mol. The molecule has 2 aromatic carbocycles. The van der Waals surface area contributed by atoms with E-state index in [9.17, 15) is 14.4 Å². The van der Waals surface area contributed by atoms with Crippen LogP contribution in [0.25, 0.3) is 0 Å². The lowest BCUT2D eigenvalue weighted by Gasteiger charge is -2.19. The number of esters is 2. The lowest BCUT2D eigenvalue weighted by Crippen LogP contribution is -2.27. The van der Waals surface area contributed by atoms with E-state index in [1.807, 2.05) is 57.2 Å². The molecule has 1 aliphatic rings. The zero-order chi connectivity index (χ0) is 27.4. The van der Waals surface area contributed by atoms with Gasteiger partial charge in [0.15, 0.2) is 0 Å². The van der Waals surface area contributed by atoms with E-state index in [-0.39, 0.29) is 24.9 Å². The maximum Gasteiger partial charge on any atom is 0.338 e. The number of carbonyl (C=O) groups excluding carboxylic acids is 3. The Hall–Kier alpha value is -3.71. The molecule has 1 N–H and O–H groups in total. The summed E-state index contributed by atoms with van der Waals surface area (Å²) < 4.78 is 11.0. The second kappa shape index (κ2) is 14.3. The molecule has 0 aliphatic heterocycles. The van der Waals surface area contributed by atoms with Gasteiger partial charge in [-0.1, -0.05) is 60.7 Å². The fourth-order valence-corrected chi connectivity index (χ4v) is 3.88. The Balaban J connectivity index is 1.58. The van der Waals surface area contributed by atoms with E-state index in [2.05, 4.69) is 17.6 Å². The molecule has 0 aromatic heterocycles. The molecular weight excluding hydrogens is 482 g/mol. The minimum atomic E-state index is -0.586. The van der Waals surface area contributed by atoms with Gasteiger partial charge >= 0.3 is 11.9 Å². The van der Waals surface area contributed by atoms with Crippen LogP contribution in [0.15, 0.2) is 78.4 Å². The number of allylic oxidation sites excluding steroid dienone is 2. The average Bonchev–Trinajstić information content (AvgIpc) is 2.90. The van der Waals surface area contributed by atoms with Gasteiger partial charge in [-0.15, -0.1) is 0 Å². The van der Waals surface area contributed by atoms with Crippen molar-refractivity contribution >= 4 is 17.8 Å². The lowest BCUT2D eigenvalue weighted by atomic mass is 9.94. The Labute approximate surface area is 224 Å². The standard InChI is InChI=1S/C31H37NO6/c1-31(2,3)38-30(35)26-16-14-23(15-17-26)20-27(29(34)36-21-24-10-6-4-7-11-24)18-19-28(33)32-37-22-25-12-8-5-9-13-25/h4,6-8,10-17,27H,5,9,18-22H2,1-3H3,(H,32,33). The van der Waals surface area contributed by atoms with E-state index in [1.165, 1.54) is 0 Å². The summed E-state index contributed by atoms with van der Waals surface area (Å²) in [5.41, 5.74) is 5.08. The molecule has 7 nitrogen and oxygen atoms in total. The topological polar surface area (TPSA) is 90.9 Å². The van der Waals surface area contributed by atoms with Gasteiger partial charge in [-0.05, 0) is 75.3 Å². The molecule has 0 radical (unpaired) electrons. The molecule has 0 saturated heterocycles. The highest BCUT2D eigenvalue weighted by atomic mass is 16.6. The largest absolute Gasteiger partial charge is 0.461 e. The van der Waals surface area contributed by atoms with E-state index in [0.29, 0.717) is 25.0 Å². The second-order valence-electron chi connectivity index (χ2n) is 10.3. The molecule has 0 bridgehead atoms. The summed E-state index contributed by atoms with van der Waals surface area (Å²) in [7, 11) is 0. The molecule has 0 fully saturated rings. The quantitative estimate of drug-likeness (QED) is 0.288. The molecule has 0 heterocycles. The second-order valence-corrected chi connectivity index (χ2v) is 10.3. The first kappa shape index (κ1) is 28.9. The molecule has 1 amide bonds. The number of ether oxygens (including phenoxy) is 2. The van der Waals surface area contributed by atoms with Gasteiger partial charge in [0.05, 0.1) is 18.1 Å². The smallest absolute Gasteiger partial charge is 0.338 e. The molecule has 7 heteroatoms. The molecule has 0 saturated carbocycles. The molecule has 38 heavy (non-hydrogen) atoms. The molecule has 3 rings (SSSR count). The van der Waals surface area contributed by atoms with Gasteiger partial charge in [0, 0.05) is 6.42 Å². The fourth-order valence-electron chi connectivity index (χ4n) is 3.88. The van der Waals surface area contributed by atoms with E-state index < -0.39 is 17.5 Å². The van der Waals surface area contributed by atoms with Crippen molar-refractivity contribution in [2.75, 3.05) is 6.61 Å². The van der Waals surface area contributed by atoms with Crippen LogP contribution in [-0.4, -0.2) is 30.1 Å². The zero-order valence-electron chi connectivity index (χ0n) is 22.4. The summed E-state index contributed by atoms with van der Waals surface area (Å²) in [6, 6.07) is 16.4. The molecule has 0 spiro atoms. The first-order valence-electron chi connectivity index (χ1n) is 13.0. The van der Waals surface area contributed by atoms with Gasteiger partial charge in [0.1, 0.15) is 12.2 Å². The SMILES string of the molecule is CC(C)(C)OC(=O)c1ccc(CC(CCC(=O)NOCC2=CCCC=C2)C(=O)OCc2ccccc2)cc1. The number of rotatable bonds is 12. The van der Waals surface area contributed by atoms with E-state index in [1.54, 1.807) is 24.3 Å². The average molecular weight is 520 g/mol.